The van der Waals surface area contributed by atoms with E-state index in [1.165, 1.54) is 6.07 Å². The van der Waals surface area contributed by atoms with Crippen LogP contribution in [-0.4, -0.2) is 9.91 Å². The van der Waals surface area contributed by atoms with Gasteiger partial charge < -0.3 is 4.98 Å². The van der Waals surface area contributed by atoms with Crippen molar-refractivity contribution in [2.24, 2.45) is 0 Å². The molecule has 1 N–H and O–H groups in total. The first-order valence-corrected chi connectivity index (χ1v) is 7.03. The van der Waals surface area contributed by atoms with Crippen molar-refractivity contribution in [3.05, 3.63) is 76.0 Å². The number of H-pyrrole nitrogens is 1. The summed E-state index contributed by atoms with van der Waals surface area (Å²) in [6.45, 7) is 0. The maximum atomic E-state index is 10.8. The Morgan fingerprint density at radius 1 is 1.10 bits per heavy atom. The average molecular weight is 331 g/mol. The highest BCUT2D eigenvalue weighted by Gasteiger charge is 2.14. The Hall–Kier alpha value is -2.14. The van der Waals surface area contributed by atoms with E-state index in [1.54, 1.807) is 12.1 Å². The molecule has 3 aromatic rings. The quantitative estimate of drug-likeness (QED) is 0.434. The molecule has 0 spiro atoms. The lowest BCUT2D eigenvalue weighted by Crippen LogP contribution is -1.91. The fourth-order valence-electron chi connectivity index (χ4n) is 2.19. The number of rotatable bonds is 3. The normalized spacial score (nSPS) is 12.4. The van der Waals surface area contributed by atoms with Gasteiger partial charge in [-0.05, 0) is 17.7 Å². The van der Waals surface area contributed by atoms with Crippen molar-refractivity contribution in [3.63, 3.8) is 0 Å². The maximum absolute atomic E-state index is 10.8. The third-order valence-corrected chi connectivity index (χ3v) is 4.22. The molecule has 0 radical (unpaired) electrons. The number of hydrogen-bond acceptors (Lipinski definition) is 2. The molecule has 0 fully saturated rings. The Morgan fingerprint density at radius 3 is 2.55 bits per heavy atom. The van der Waals surface area contributed by atoms with Gasteiger partial charge in [-0.3, -0.25) is 10.1 Å². The van der Waals surface area contributed by atoms with Gasteiger partial charge in [0.1, 0.15) is 0 Å². The van der Waals surface area contributed by atoms with Gasteiger partial charge in [-0.25, -0.2) is 0 Å². The molecule has 0 saturated carbocycles. The summed E-state index contributed by atoms with van der Waals surface area (Å²) in [6.07, 6.45) is 0. The number of non-ortho nitro benzene ring substituents is 1. The Kier molecular flexibility index (Phi) is 3.28. The number of nitrogens with one attached hydrogen (secondary N) is 1. The lowest BCUT2D eigenvalue weighted by molar-refractivity contribution is -0.384. The van der Waals surface area contributed by atoms with E-state index >= 15 is 0 Å². The first kappa shape index (κ1) is 12.9. The average Bonchev–Trinajstić information content (AvgIpc) is 2.90. The topological polar surface area (TPSA) is 58.9 Å². The number of alkyl halides is 1. The van der Waals surface area contributed by atoms with Gasteiger partial charge in [0.2, 0.25) is 0 Å². The number of aromatic nitrogens is 1. The highest BCUT2D eigenvalue weighted by atomic mass is 79.9. The molecule has 1 aromatic heterocycles. The minimum atomic E-state index is -0.386. The molecule has 2 aromatic carbocycles. The molecule has 1 atom stereocenters. The zero-order chi connectivity index (χ0) is 14.1. The number of nitro benzene ring substituents is 1. The second kappa shape index (κ2) is 5.09. The van der Waals surface area contributed by atoms with Crippen LogP contribution < -0.4 is 0 Å². The van der Waals surface area contributed by atoms with E-state index in [0.29, 0.717) is 0 Å². The van der Waals surface area contributed by atoms with Gasteiger partial charge >= 0.3 is 0 Å². The predicted molar refractivity (Wildman–Crippen MR) is 82.2 cm³/mol. The molecule has 4 nitrogen and oxygen atoms in total. The summed E-state index contributed by atoms with van der Waals surface area (Å²) < 4.78 is 0. The maximum Gasteiger partial charge on any atom is 0.271 e. The van der Waals surface area contributed by atoms with E-state index in [9.17, 15) is 10.1 Å². The smallest absolute Gasteiger partial charge is 0.271 e. The standard InChI is InChI=1S/C15H11BrN2O2/c16-15(10-4-2-1-3-5-10)14-8-11-6-7-12(18(19)20)9-13(11)17-14/h1-9,15,17H. The molecule has 0 aliphatic heterocycles. The first-order valence-electron chi connectivity index (χ1n) is 6.11. The Morgan fingerprint density at radius 2 is 1.85 bits per heavy atom. The molecule has 5 heteroatoms. The minimum absolute atomic E-state index is 0.0372. The lowest BCUT2D eigenvalue weighted by Gasteiger charge is -2.07. The predicted octanol–water partition coefficient (Wildman–Crippen LogP) is 4.56. The van der Waals surface area contributed by atoms with Crippen molar-refractivity contribution >= 4 is 32.5 Å². The Labute approximate surface area is 123 Å². The Bertz CT molecular complexity index is 768. The minimum Gasteiger partial charge on any atom is -0.357 e. The van der Waals surface area contributed by atoms with Crippen LogP contribution in [0.3, 0.4) is 0 Å². The molecule has 0 amide bonds. The van der Waals surface area contributed by atoms with Crippen LogP contribution in [0.2, 0.25) is 0 Å². The molecule has 0 bridgehead atoms. The van der Waals surface area contributed by atoms with Crippen molar-refractivity contribution in [1.29, 1.82) is 0 Å². The fraction of sp³-hybridized carbons (Fsp3) is 0.0667. The number of halogens is 1. The third-order valence-electron chi connectivity index (χ3n) is 3.20. The molecule has 0 saturated heterocycles. The van der Waals surface area contributed by atoms with Gasteiger partial charge in [0.05, 0.1) is 15.3 Å². The number of aromatic amines is 1. The largest absolute Gasteiger partial charge is 0.357 e. The van der Waals surface area contributed by atoms with E-state index in [-0.39, 0.29) is 15.4 Å². The summed E-state index contributed by atoms with van der Waals surface area (Å²) >= 11 is 3.65. The number of fused-ring (bicyclic) bond motifs is 1. The summed E-state index contributed by atoms with van der Waals surface area (Å²) in [5, 5.41) is 11.8. The van der Waals surface area contributed by atoms with E-state index < -0.39 is 0 Å². The van der Waals surface area contributed by atoms with Crippen LogP contribution in [0, 0.1) is 10.1 Å². The summed E-state index contributed by atoms with van der Waals surface area (Å²) in [4.78, 5) is 13.7. The zero-order valence-corrected chi connectivity index (χ0v) is 12.0. The van der Waals surface area contributed by atoms with E-state index in [0.717, 1.165) is 22.2 Å². The van der Waals surface area contributed by atoms with E-state index in [1.807, 2.05) is 36.4 Å². The lowest BCUT2D eigenvalue weighted by atomic mass is 10.1. The summed E-state index contributed by atoms with van der Waals surface area (Å²) in [7, 11) is 0. The van der Waals surface area contributed by atoms with Gasteiger partial charge in [0.25, 0.3) is 5.69 Å². The van der Waals surface area contributed by atoms with Crippen LogP contribution in [0.4, 0.5) is 5.69 Å². The molecule has 3 rings (SSSR count). The fourth-order valence-corrected chi connectivity index (χ4v) is 2.74. The zero-order valence-electron chi connectivity index (χ0n) is 10.4. The van der Waals surface area contributed by atoms with Gasteiger partial charge in [-0.15, -0.1) is 0 Å². The summed E-state index contributed by atoms with van der Waals surface area (Å²) in [5.41, 5.74) is 2.98. The highest BCUT2D eigenvalue weighted by molar-refractivity contribution is 9.09. The van der Waals surface area contributed by atoms with Crippen molar-refractivity contribution in [3.8, 4) is 0 Å². The molecule has 20 heavy (non-hydrogen) atoms. The first-order chi connectivity index (χ1) is 9.65. The van der Waals surface area contributed by atoms with Crippen molar-refractivity contribution in [1.82, 2.24) is 4.98 Å². The Balaban J connectivity index is 2.03. The van der Waals surface area contributed by atoms with Crippen LogP contribution in [0.15, 0.2) is 54.6 Å². The highest BCUT2D eigenvalue weighted by Crippen LogP contribution is 2.32. The van der Waals surface area contributed by atoms with Gasteiger partial charge in [-0.1, -0.05) is 46.3 Å². The van der Waals surface area contributed by atoms with Crippen LogP contribution in [-0.2, 0) is 0 Å². The second-order valence-electron chi connectivity index (χ2n) is 4.53. The summed E-state index contributed by atoms with van der Waals surface area (Å²) in [6, 6.07) is 16.9. The van der Waals surface area contributed by atoms with Gasteiger partial charge in [0.15, 0.2) is 0 Å². The molecular formula is C15H11BrN2O2. The van der Waals surface area contributed by atoms with E-state index in [2.05, 4.69) is 20.9 Å². The molecule has 1 unspecified atom stereocenters. The number of benzene rings is 2. The molecule has 0 aliphatic carbocycles. The molecule has 1 heterocycles. The number of nitrogens with zero attached hydrogens (tertiary/aromatic N) is 1. The van der Waals surface area contributed by atoms with Crippen molar-refractivity contribution < 1.29 is 4.92 Å². The SMILES string of the molecule is O=[N+]([O-])c1ccc2cc(C(Br)c3ccccc3)[nH]c2c1. The molecule has 0 aliphatic rings. The third kappa shape index (κ3) is 2.32. The van der Waals surface area contributed by atoms with Crippen LogP contribution in [0.1, 0.15) is 16.1 Å². The van der Waals surface area contributed by atoms with Gasteiger partial charge in [0, 0.05) is 23.2 Å². The monoisotopic (exact) mass is 330 g/mol. The van der Waals surface area contributed by atoms with Crippen molar-refractivity contribution in [2.75, 3.05) is 0 Å². The number of hydrogen-bond donors (Lipinski definition) is 1. The van der Waals surface area contributed by atoms with Gasteiger partial charge in [-0.2, -0.15) is 0 Å². The molecule has 100 valence electrons. The van der Waals surface area contributed by atoms with Crippen LogP contribution in [0.25, 0.3) is 10.9 Å². The number of nitro groups is 1. The van der Waals surface area contributed by atoms with Crippen molar-refractivity contribution in [2.45, 2.75) is 4.83 Å². The molecular weight excluding hydrogens is 320 g/mol. The second-order valence-corrected chi connectivity index (χ2v) is 5.44. The summed E-state index contributed by atoms with van der Waals surface area (Å²) in [5.74, 6) is 0. The van der Waals surface area contributed by atoms with Crippen LogP contribution >= 0.6 is 15.9 Å². The van der Waals surface area contributed by atoms with Crippen LogP contribution in [0.5, 0.6) is 0 Å². The van der Waals surface area contributed by atoms with E-state index in [4.69, 9.17) is 0 Å².